The van der Waals surface area contributed by atoms with Gasteiger partial charge in [0.2, 0.25) is 0 Å². The lowest BCUT2D eigenvalue weighted by molar-refractivity contribution is 0.0329. The number of halogens is 1. The third kappa shape index (κ3) is 5.74. The van der Waals surface area contributed by atoms with E-state index in [9.17, 15) is 8.60 Å². The molecule has 0 aliphatic heterocycles. The maximum absolute atomic E-state index is 14.1. The third-order valence-corrected chi connectivity index (χ3v) is 6.33. The van der Waals surface area contributed by atoms with Gasteiger partial charge in [-0.25, -0.2) is 18.6 Å². The van der Waals surface area contributed by atoms with Gasteiger partial charge in [-0.1, -0.05) is 0 Å². The molecule has 0 atom stereocenters. The van der Waals surface area contributed by atoms with Crippen LogP contribution in [-0.4, -0.2) is 53.1 Å². The van der Waals surface area contributed by atoms with Crippen molar-refractivity contribution in [3.8, 4) is 11.5 Å². The minimum Gasteiger partial charge on any atom is -0.496 e. The number of fused-ring (bicyclic) bond motifs is 1. The lowest BCUT2D eigenvalue weighted by Crippen LogP contribution is -2.27. The van der Waals surface area contributed by atoms with Gasteiger partial charge < -0.3 is 19.5 Å². The quantitative estimate of drug-likeness (QED) is 0.487. The molecule has 0 spiro atoms. The first-order chi connectivity index (χ1) is 16.3. The Morgan fingerprint density at radius 1 is 1.03 bits per heavy atom. The van der Waals surface area contributed by atoms with Gasteiger partial charge in [-0.05, 0) is 43.9 Å². The van der Waals surface area contributed by atoms with E-state index in [0.717, 1.165) is 25.7 Å². The van der Waals surface area contributed by atoms with Crippen LogP contribution in [0.5, 0.6) is 11.5 Å². The normalized spacial score (nSPS) is 18.5. The van der Waals surface area contributed by atoms with Gasteiger partial charge in [0.25, 0.3) is 0 Å². The highest BCUT2D eigenvalue weighted by atomic mass is 32.2. The largest absolute Gasteiger partial charge is 0.496 e. The second kappa shape index (κ2) is 10.1. The van der Waals surface area contributed by atoms with Crippen LogP contribution in [0.4, 0.5) is 21.6 Å². The number of hydrogen-bond donors (Lipinski definition) is 1. The van der Waals surface area contributed by atoms with Crippen LogP contribution in [0.2, 0.25) is 0 Å². The number of methoxy groups -OCH3 is 2. The molecule has 1 N–H and O–H groups in total. The summed E-state index contributed by atoms with van der Waals surface area (Å²) in [4.78, 5) is 8.73. The molecule has 182 valence electrons. The molecule has 4 rings (SSSR count). The van der Waals surface area contributed by atoms with Gasteiger partial charge in [0.1, 0.15) is 29.5 Å². The summed E-state index contributed by atoms with van der Waals surface area (Å²) < 4.78 is 47.7. The maximum atomic E-state index is 14.1. The Morgan fingerprint density at radius 2 is 1.76 bits per heavy atom. The van der Waals surface area contributed by atoms with Crippen LogP contribution in [0.15, 0.2) is 41.0 Å². The minimum absolute atomic E-state index is 0.0208. The van der Waals surface area contributed by atoms with Crippen molar-refractivity contribution in [1.82, 2.24) is 9.97 Å². The van der Waals surface area contributed by atoms with Crippen molar-refractivity contribution >= 4 is 37.8 Å². The second-order valence-corrected chi connectivity index (χ2v) is 11.1. The average molecular weight is 489 g/mol. The Morgan fingerprint density at radius 3 is 2.44 bits per heavy atom. The van der Waals surface area contributed by atoms with Crippen molar-refractivity contribution in [3.63, 3.8) is 0 Å². The second-order valence-electron chi connectivity index (χ2n) is 8.55. The zero-order chi connectivity index (χ0) is 24.3. The maximum Gasteiger partial charge on any atom is 0.146 e. The Bertz CT molecular complexity index is 1290. The molecule has 3 aromatic rings. The molecule has 0 amide bonds. The number of anilines is 2. The lowest BCUT2D eigenvalue weighted by atomic mass is 9.95. The Balaban J connectivity index is 1.68. The molecule has 1 aliphatic carbocycles. The SMILES string of the molecule is COc1cc(N=S(C)(C)=O)cc2ncnc(Nc3ccc(F)cc3O[C@H]3CC[C@H](OC)CC3)c12. The monoisotopic (exact) mass is 488 g/mol. The Kier molecular flexibility index (Phi) is 7.18. The lowest BCUT2D eigenvalue weighted by Gasteiger charge is -2.28. The van der Waals surface area contributed by atoms with Gasteiger partial charge in [-0.15, -0.1) is 0 Å². The van der Waals surface area contributed by atoms with E-state index in [1.165, 1.54) is 25.6 Å². The summed E-state index contributed by atoms with van der Waals surface area (Å²) in [5, 5.41) is 3.88. The Hall–Kier alpha value is -2.98. The topological polar surface area (TPSA) is 94.9 Å². The Labute approximate surface area is 199 Å². The van der Waals surface area contributed by atoms with Crippen molar-refractivity contribution in [1.29, 1.82) is 0 Å². The fraction of sp³-hybridized carbons (Fsp3) is 0.417. The molecule has 8 nitrogen and oxygen atoms in total. The molecule has 0 unspecified atom stereocenters. The van der Waals surface area contributed by atoms with Crippen molar-refractivity contribution in [2.75, 3.05) is 32.0 Å². The summed E-state index contributed by atoms with van der Waals surface area (Å²) in [5.74, 6) is 0.979. The van der Waals surface area contributed by atoms with E-state index < -0.39 is 9.73 Å². The van der Waals surface area contributed by atoms with Gasteiger partial charge >= 0.3 is 0 Å². The van der Waals surface area contributed by atoms with Crippen LogP contribution in [-0.2, 0) is 14.5 Å². The summed E-state index contributed by atoms with van der Waals surface area (Å²) in [7, 11) is 0.900. The van der Waals surface area contributed by atoms with E-state index in [-0.39, 0.29) is 18.0 Å². The summed E-state index contributed by atoms with van der Waals surface area (Å²) in [6, 6.07) is 7.79. The molecular weight excluding hydrogens is 459 g/mol. The van der Waals surface area contributed by atoms with E-state index in [1.807, 2.05) is 0 Å². The summed E-state index contributed by atoms with van der Waals surface area (Å²) in [6.07, 6.45) is 8.25. The molecule has 0 saturated heterocycles. The standard InChI is InChI=1S/C24H29FN4O4S/c1-31-17-6-8-18(9-7-17)33-21-11-15(25)5-10-19(21)28-24-23-20(26-14-27-24)12-16(13-22(23)32-2)29-34(3,4)30/h5,10-14,17-18H,6-9H2,1-4H3,(H,26,27,28)/t17-,18-. The fourth-order valence-corrected chi connectivity index (χ4v) is 4.71. The smallest absolute Gasteiger partial charge is 0.146 e. The predicted molar refractivity (Wildman–Crippen MR) is 132 cm³/mol. The molecule has 10 heteroatoms. The van der Waals surface area contributed by atoms with E-state index in [4.69, 9.17) is 14.2 Å². The number of aromatic nitrogens is 2. The van der Waals surface area contributed by atoms with E-state index in [0.29, 0.717) is 39.6 Å². The average Bonchev–Trinajstić information content (AvgIpc) is 2.79. The number of benzene rings is 2. The summed E-state index contributed by atoms with van der Waals surface area (Å²) in [5.41, 5.74) is 1.65. The molecule has 34 heavy (non-hydrogen) atoms. The number of hydrogen-bond acceptors (Lipinski definition) is 8. The molecule has 1 aliphatic rings. The molecule has 1 aromatic heterocycles. The van der Waals surface area contributed by atoms with Crippen molar-refractivity contribution in [2.24, 2.45) is 4.36 Å². The molecular formula is C24H29FN4O4S. The van der Waals surface area contributed by atoms with E-state index >= 15 is 0 Å². The van der Waals surface area contributed by atoms with Crippen LogP contribution < -0.4 is 14.8 Å². The molecule has 2 aromatic carbocycles. The zero-order valence-electron chi connectivity index (χ0n) is 19.7. The highest BCUT2D eigenvalue weighted by Gasteiger charge is 2.23. The van der Waals surface area contributed by atoms with Crippen LogP contribution in [0.1, 0.15) is 25.7 Å². The van der Waals surface area contributed by atoms with Crippen LogP contribution in [0, 0.1) is 5.82 Å². The first-order valence-corrected chi connectivity index (χ1v) is 13.3. The van der Waals surface area contributed by atoms with Crippen molar-refractivity contribution in [3.05, 3.63) is 42.5 Å². The van der Waals surface area contributed by atoms with E-state index in [2.05, 4.69) is 19.6 Å². The highest BCUT2D eigenvalue weighted by Crippen LogP contribution is 2.38. The molecule has 1 heterocycles. The van der Waals surface area contributed by atoms with Gasteiger partial charge in [-0.2, -0.15) is 4.36 Å². The molecule has 0 bridgehead atoms. The number of nitrogens with one attached hydrogen (secondary N) is 1. The van der Waals surface area contributed by atoms with Gasteiger partial charge in [0.05, 0.1) is 41.6 Å². The first-order valence-electron chi connectivity index (χ1n) is 11.0. The predicted octanol–water partition coefficient (Wildman–Crippen LogP) is 5.22. The highest BCUT2D eigenvalue weighted by molar-refractivity contribution is 7.92. The number of ether oxygens (including phenoxy) is 3. The molecule has 0 radical (unpaired) electrons. The van der Waals surface area contributed by atoms with Crippen LogP contribution >= 0.6 is 0 Å². The van der Waals surface area contributed by atoms with Gasteiger partial charge in [0, 0.05) is 41.5 Å². The van der Waals surface area contributed by atoms with E-state index in [1.54, 1.807) is 37.8 Å². The third-order valence-electron chi connectivity index (χ3n) is 5.68. The minimum atomic E-state index is -2.36. The summed E-state index contributed by atoms with van der Waals surface area (Å²) >= 11 is 0. The zero-order valence-corrected chi connectivity index (χ0v) is 20.5. The molecule has 1 saturated carbocycles. The van der Waals surface area contributed by atoms with Gasteiger partial charge in [-0.3, -0.25) is 0 Å². The van der Waals surface area contributed by atoms with Crippen LogP contribution in [0.25, 0.3) is 10.9 Å². The van der Waals surface area contributed by atoms with Crippen LogP contribution in [0.3, 0.4) is 0 Å². The molecule has 1 fully saturated rings. The number of nitrogens with zero attached hydrogens (tertiary/aromatic N) is 3. The van der Waals surface area contributed by atoms with Gasteiger partial charge in [0.15, 0.2) is 0 Å². The van der Waals surface area contributed by atoms with Crippen molar-refractivity contribution in [2.45, 2.75) is 37.9 Å². The fourth-order valence-electron chi connectivity index (χ4n) is 4.09. The first kappa shape index (κ1) is 24.2. The van der Waals surface area contributed by atoms with Crippen molar-refractivity contribution < 1.29 is 22.8 Å². The summed E-state index contributed by atoms with van der Waals surface area (Å²) in [6.45, 7) is 0. The number of rotatable bonds is 7.